The number of aliphatic hydroxyl groups is 1. The first kappa shape index (κ1) is 29.3. The van der Waals surface area contributed by atoms with Gasteiger partial charge in [0.2, 0.25) is 17.7 Å². The van der Waals surface area contributed by atoms with Gasteiger partial charge in [0.05, 0.1) is 19.1 Å². The quantitative estimate of drug-likeness (QED) is 0.154. The predicted molar refractivity (Wildman–Crippen MR) is 132 cm³/mol. The van der Waals surface area contributed by atoms with Crippen molar-refractivity contribution in [3.63, 3.8) is 0 Å². The third-order valence-electron chi connectivity index (χ3n) is 6.06. The molecule has 1 aromatic carbocycles. The number of benzene rings is 1. The highest BCUT2D eigenvalue weighted by Gasteiger charge is 2.32. The molecule has 0 unspecified atom stereocenters. The summed E-state index contributed by atoms with van der Waals surface area (Å²) in [4.78, 5) is 63.9. The first-order valence-electron chi connectivity index (χ1n) is 11.8. The molecule has 202 valence electrons. The van der Waals surface area contributed by atoms with Gasteiger partial charge in [0.25, 0.3) is 0 Å². The molecule has 0 saturated carbocycles. The Morgan fingerprint density at radius 3 is 2.19 bits per heavy atom. The number of H-pyrrole nitrogens is 1. The summed E-state index contributed by atoms with van der Waals surface area (Å²) >= 11 is 0. The number of rotatable bonds is 14. The van der Waals surface area contributed by atoms with Crippen LogP contribution in [0.1, 0.15) is 32.3 Å². The van der Waals surface area contributed by atoms with Crippen LogP contribution in [-0.4, -0.2) is 80.7 Å². The topological polar surface area (TPSA) is 224 Å². The monoisotopic (exact) mass is 519 g/mol. The van der Waals surface area contributed by atoms with E-state index in [9.17, 15) is 34.2 Å². The molecule has 0 fully saturated rings. The van der Waals surface area contributed by atoms with Crippen molar-refractivity contribution >= 4 is 40.6 Å². The molecule has 0 bridgehead atoms. The maximum Gasteiger partial charge on any atom is 0.326 e. The second-order valence-electron chi connectivity index (χ2n) is 8.78. The average Bonchev–Trinajstić information content (AvgIpc) is 3.26. The van der Waals surface area contributed by atoms with Crippen molar-refractivity contribution in [3.05, 3.63) is 36.0 Å². The fraction of sp³-hybridized carbons (Fsp3) is 0.458. The molecule has 1 aromatic heterocycles. The van der Waals surface area contributed by atoms with Gasteiger partial charge in [-0.05, 0) is 17.5 Å². The number of nitrogens with one attached hydrogen (secondary N) is 4. The Balaban J connectivity index is 2.25. The van der Waals surface area contributed by atoms with Crippen LogP contribution >= 0.6 is 0 Å². The van der Waals surface area contributed by atoms with Gasteiger partial charge in [0, 0.05) is 23.5 Å². The molecule has 2 rings (SSSR count). The van der Waals surface area contributed by atoms with E-state index in [2.05, 4.69) is 20.9 Å². The van der Waals surface area contributed by atoms with Gasteiger partial charge in [-0.3, -0.25) is 19.2 Å². The fourth-order valence-electron chi connectivity index (χ4n) is 3.69. The van der Waals surface area contributed by atoms with Crippen LogP contribution in [0.25, 0.3) is 10.9 Å². The van der Waals surface area contributed by atoms with Crippen molar-refractivity contribution in [2.45, 2.75) is 57.3 Å². The largest absolute Gasteiger partial charge is 0.481 e. The van der Waals surface area contributed by atoms with Gasteiger partial charge in [0.15, 0.2) is 0 Å². The van der Waals surface area contributed by atoms with E-state index in [-0.39, 0.29) is 6.42 Å². The minimum absolute atomic E-state index is 0.0498. The Morgan fingerprint density at radius 1 is 0.973 bits per heavy atom. The number of carboxylic acids is 2. The zero-order valence-corrected chi connectivity index (χ0v) is 20.6. The molecular formula is C24H33N5O8. The molecule has 0 radical (unpaired) electrons. The van der Waals surface area contributed by atoms with Crippen molar-refractivity contribution in [2.24, 2.45) is 11.7 Å². The lowest BCUT2D eigenvalue weighted by Gasteiger charge is -2.25. The number of hydrogen-bond donors (Lipinski definition) is 8. The highest BCUT2D eigenvalue weighted by molar-refractivity contribution is 5.95. The number of aliphatic carboxylic acids is 2. The number of aromatic nitrogens is 1. The summed E-state index contributed by atoms with van der Waals surface area (Å²) in [5, 5.41) is 35.9. The van der Waals surface area contributed by atoms with E-state index in [0.717, 1.165) is 10.9 Å². The van der Waals surface area contributed by atoms with Crippen LogP contribution in [-0.2, 0) is 30.4 Å². The van der Waals surface area contributed by atoms with Crippen LogP contribution < -0.4 is 21.7 Å². The van der Waals surface area contributed by atoms with E-state index in [1.807, 2.05) is 12.1 Å². The molecule has 5 atom stereocenters. The fourth-order valence-corrected chi connectivity index (χ4v) is 3.69. The first-order chi connectivity index (χ1) is 17.5. The van der Waals surface area contributed by atoms with Crippen LogP contribution in [0.5, 0.6) is 0 Å². The number of aliphatic hydroxyl groups excluding tert-OH is 1. The normalized spacial score (nSPS) is 15.1. The summed E-state index contributed by atoms with van der Waals surface area (Å²) in [7, 11) is 0. The molecule has 9 N–H and O–H groups in total. The van der Waals surface area contributed by atoms with Gasteiger partial charge in [-0.15, -0.1) is 0 Å². The number of carbonyl (C=O) groups excluding carboxylic acids is 3. The number of para-hydroxylation sites is 1. The van der Waals surface area contributed by atoms with E-state index in [4.69, 9.17) is 10.8 Å². The SMILES string of the molecule is CC[C@H](C)[C@H](NC(=O)[C@H](CO)NC(=O)[C@H](Cc1c[nH]c2ccccc12)NC(=O)[C@@H](N)CC(=O)O)C(=O)O. The van der Waals surface area contributed by atoms with Crippen LogP contribution in [0.3, 0.4) is 0 Å². The highest BCUT2D eigenvalue weighted by Crippen LogP contribution is 2.19. The maximum absolute atomic E-state index is 13.2. The predicted octanol–water partition coefficient (Wildman–Crippen LogP) is -0.910. The first-order valence-corrected chi connectivity index (χ1v) is 11.8. The van der Waals surface area contributed by atoms with E-state index >= 15 is 0 Å². The Kier molecular flexibility index (Phi) is 10.6. The highest BCUT2D eigenvalue weighted by atomic mass is 16.4. The number of fused-ring (bicyclic) bond motifs is 1. The molecule has 0 aliphatic heterocycles. The van der Waals surface area contributed by atoms with E-state index in [1.54, 1.807) is 32.2 Å². The zero-order valence-electron chi connectivity index (χ0n) is 20.6. The minimum Gasteiger partial charge on any atom is -0.481 e. The smallest absolute Gasteiger partial charge is 0.326 e. The summed E-state index contributed by atoms with van der Waals surface area (Å²) in [6.07, 6.45) is 1.39. The second kappa shape index (κ2) is 13.4. The zero-order chi connectivity index (χ0) is 27.7. The Bertz CT molecular complexity index is 1130. The molecular weight excluding hydrogens is 486 g/mol. The summed E-state index contributed by atoms with van der Waals surface area (Å²) in [6.45, 7) is 2.56. The Morgan fingerprint density at radius 2 is 1.59 bits per heavy atom. The standard InChI is InChI=1S/C24H33N5O8/c1-3-12(2)20(24(36)37)29-23(35)18(11-30)28-22(34)17(27-21(33)15(25)9-19(31)32)8-13-10-26-16-7-5-4-6-14(13)16/h4-7,10,12,15,17-18,20,26,30H,3,8-9,11,25H2,1-2H3,(H,27,33)(H,28,34)(H,29,35)(H,31,32)(H,36,37)/t12-,15-,17-,18-,20-/m0/s1. The lowest BCUT2D eigenvalue weighted by molar-refractivity contribution is -0.144. The summed E-state index contributed by atoms with van der Waals surface area (Å²) < 4.78 is 0. The van der Waals surface area contributed by atoms with Crippen molar-refractivity contribution in [2.75, 3.05) is 6.61 Å². The van der Waals surface area contributed by atoms with Crippen molar-refractivity contribution < 1.29 is 39.3 Å². The van der Waals surface area contributed by atoms with Crippen molar-refractivity contribution in [1.82, 2.24) is 20.9 Å². The molecule has 37 heavy (non-hydrogen) atoms. The number of nitrogens with two attached hydrogens (primary N) is 1. The Labute approximate surface area is 212 Å². The van der Waals surface area contributed by atoms with E-state index in [0.29, 0.717) is 12.0 Å². The van der Waals surface area contributed by atoms with Gasteiger partial charge in [0.1, 0.15) is 18.1 Å². The van der Waals surface area contributed by atoms with Gasteiger partial charge in [-0.25, -0.2) is 4.79 Å². The van der Waals surface area contributed by atoms with E-state index < -0.39 is 72.8 Å². The molecule has 0 spiro atoms. The van der Waals surface area contributed by atoms with E-state index in [1.165, 1.54) is 0 Å². The lowest BCUT2D eigenvalue weighted by atomic mass is 9.99. The minimum atomic E-state index is -1.51. The van der Waals surface area contributed by atoms with Crippen LogP contribution in [0.2, 0.25) is 0 Å². The molecule has 0 saturated heterocycles. The summed E-state index contributed by atoms with van der Waals surface area (Å²) in [6, 6.07) is 1.76. The van der Waals surface area contributed by atoms with Gasteiger partial charge >= 0.3 is 11.9 Å². The molecule has 13 nitrogen and oxygen atoms in total. The summed E-state index contributed by atoms with van der Waals surface area (Å²) in [5.74, 6) is -5.64. The van der Waals surface area contributed by atoms with Gasteiger partial charge in [-0.1, -0.05) is 38.5 Å². The van der Waals surface area contributed by atoms with Gasteiger partial charge in [-0.2, -0.15) is 0 Å². The molecule has 2 aromatic rings. The number of carbonyl (C=O) groups is 5. The molecule has 3 amide bonds. The van der Waals surface area contributed by atoms with Crippen LogP contribution in [0, 0.1) is 5.92 Å². The molecule has 1 heterocycles. The molecule has 0 aliphatic rings. The maximum atomic E-state index is 13.2. The molecule has 13 heteroatoms. The number of carboxylic acid groups (broad SMARTS) is 2. The van der Waals surface area contributed by atoms with Gasteiger partial charge < -0.3 is 42.0 Å². The lowest BCUT2D eigenvalue weighted by Crippen LogP contribution is -2.59. The van der Waals surface area contributed by atoms with Crippen molar-refractivity contribution in [1.29, 1.82) is 0 Å². The third kappa shape index (κ3) is 8.02. The van der Waals surface area contributed by atoms with Crippen molar-refractivity contribution in [3.8, 4) is 0 Å². The average molecular weight is 520 g/mol. The van der Waals surface area contributed by atoms with Crippen LogP contribution in [0.4, 0.5) is 0 Å². The molecule has 0 aliphatic carbocycles. The number of hydrogen-bond acceptors (Lipinski definition) is 7. The Hall–Kier alpha value is -3.97. The second-order valence-corrected chi connectivity index (χ2v) is 8.78. The number of amides is 3. The summed E-state index contributed by atoms with van der Waals surface area (Å²) in [5.41, 5.74) is 7.07. The van der Waals surface area contributed by atoms with Crippen LogP contribution in [0.15, 0.2) is 30.5 Å². The number of aromatic amines is 1. The third-order valence-corrected chi connectivity index (χ3v) is 6.06.